The molecular weight excluding hydrogens is 382 g/mol. The molecule has 2 aliphatic rings. The predicted molar refractivity (Wildman–Crippen MR) is 106 cm³/mol. The van der Waals surface area contributed by atoms with Crippen molar-refractivity contribution in [3.63, 3.8) is 0 Å². The van der Waals surface area contributed by atoms with Gasteiger partial charge in [0.15, 0.2) is 5.65 Å². The van der Waals surface area contributed by atoms with Gasteiger partial charge in [-0.15, -0.1) is 11.8 Å². The van der Waals surface area contributed by atoms with Gasteiger partial charge in [0, 0.05) is 31.6 Å². The van der Waals surface area contributed by atoms with E-state index >= 15 is 0 Å². The van der Waals surface area contributed by atoms with E-state index in [1.54, 1.807) is 22.4 Å². The largest absolute Gasteiger partial charge is 0.465 e. The Labute approximate surface area is 166 Å². The normalized spacial score (nSPS) is 23.0. The number of methoxy groups -OCH3 is 1. The summed E-state index contributed by atoms with van der Waals surface area (Å²) in [4.78, 5) is 34.2. The fraction of sp³-hybridized carbons (Fsp3) is 0.556. The molecule has 0 aromatic carbocycles. The molecule has 4 heterocycles. The Balaban J connectivity index is 1.67. The van der Waals surface area contributed by atoms with E-state index in [1.165, 1.54) is 18.9 Å². The second-order valence-electron chi connectivity index (χ2n) is 6.97. The van der Waals surface area contributed by atoms with E-state index < -0.39 is 0 Å². The number of hydrogen-bond donors (Lipinski definition) is 1. The Kier molecular flexibility index (Phi) is 5.15. The minimum absolute atomic E-state index is 0.0690. The van der Waals surface area contributed by atoms with Crippen molar-refractivity contribution in [1.82, 2.24) is 19.1 Å². The van der Waals surface area contributed by atoms with Crippen molar-refractivity contribution in [1.29, 1.82) is 0 Å². The lowest BCUT2D eigenvalue weighted by Crippen LogP contribution is -2.30. The van der Waals surface area contributed by atoms with Crippen molar-refractivity contribution in [2.45, 2.75) is 37.1 Å². The van der Waals surface area contributed by atoms with Crippen LogP contribution in [-0.2, 0) is 21.3 Å². The van der Waals surface area contributed by atoms with Gasteiger partial charge < -0.3 is 14.8 Å². The number of thioether (sulfide) groups is 1. The highest BCUT2D eigenvalue weighted by Gasteiger charge is 2.30. The number of aryl methyl sites for hydroxylation is 1. The molecule has 28 heavy (non-hydrogen) atoms. The first-order valence-corrected chi connectivity index (χ1v) is 10.1. The number of carbonyl (C=O) groups excluding carboxylic acids is 1. The van der Waals surface area contributed by atoms with Crippen LogP contribution in [0.1, 0.15) is 25.8 Å². The minimum Gasteiger partial charge on any atom is -0.465 e. The summed E-state index contributed by atoms with van der Waals surface area (Å²) in [5.41, 5.74) is 1.22. The van der Waals surface area contributed by atoms with Crippen LogP contribution >= 0.6 is 11.8 Å². The molecule has 0 spiro atoms. The molecular formula is C18H23N5O4S. The van der Waals surface area contributed by atoms with E-state index in [-0.39, 0.29) is 29.0 Å². The van der Waals surface area contributed by atoms with E-state index in [0.29, 0.717) is 35.2 Å². The van der Waals surface area contributed by atoms with Gasteiger partial charge in [0.2, 0.25) is 5.95 Å². The number of nitrogens with one attached hydrogen (secondary N) is 1. The average molecular weight is 405 g/mol. The van der Waals surface area contributed by atoms with Gasteiger partial charge in [-0.1, -0.05) is 6.92 Å². The number of carbonyl (C=O) groups is 1. The van der Waals surface area contributed by atoms with Crippen LogP contribution in [-0.4, -0.2) is 56.7 Å². The first-order valence-electron chi connectivity index (χ1n) is 9.24. The van der Waals surface area contributed by atoms with Gasteiger partial charge >= 0.3 is 11.7 Å². The number of aromatic nitrogens is 4. The molecule has 0 saturated carbocycles. The van der Waals surface area contributed by atoms with Gasteiger partial charge in [0.25, 0.3) is 0 Å². The maximum Gasteiger partial charge on any atom is 0.344 e. The summed E-state index contributed by atoms with van der Waals surface area (Å²) in [6.07, 6.45) is 5.07. The third-order valence-electron chi connectivity index (χ3n) is 5.22. The SMILES string of the molecule is COC(=O)C1=CC(Nc2ncc3c(n2)n(C2CCOCC2)c(=O)n3C)C(C)S1. The van der Waals surface area contributed by atoms with Crippen LogP contribution in [0.3, 0.4) is 0 Å². The Morgan fingerprint density at radius 3 is 2.86 bits per heavy atom. The third kappa shape index (κ3) is 3.30. The molecule has 150 valence electrons. The second-order valence-corrected chi connectivity index (χ2v) is 8.39. The van der Waals surface area contributed by atoms with E-state index in [1.807, 2.05) is 13.0 Å². The van der Waals surface area contributed by atoms with Crippen LogP contribution in [0.5, 0.6) is 0 Å². The highest BCUT2D eigenvalue weighted by Crippen LogP contribution is 2.34. The van der Waals surface area contributed by atoms with Crippen molar-refractivity contribution in [3.8, 4) is 0 Å². The first-order chi connectivity index (χ1) is 13.5. The quantitative estimate of drug-likeness (QED) is 0.763. The number of esters is 1. The van der Waals surface area contributed by atoms with Crippen LogP contribution < -0.4 is 11.0 Å². The highest BCUT2D eigenvalue weighted by atomic mass is 32.2. The second kappa shape index (κ2) is 7.59. The molecule has 0 bridgehead atoms. The number of hydrogen-bond acceptors (Lipinski definition) is 8. The topological polar surface area (TPSA) is 100 Å². The number of ether oxygens (including phenoxy) is 2. The van der Waals surface area contributed by atoms with Crippen molar-refractivity contribution in [3.05, 3.63) is 27.7 Å². The number of nitrogens with zero attached hydrogens (tertiary/aromatic N) is 4. The molecule has 1 N–H and O–H groups in total. The highest BCUT2D eigenvalue weighted by molar-refractivity contribution is 8.04. The summed E-state index contributed by atoms with van der Waals surface area (Å²) < 4.78 is 13.6. The molecule has 2 aromatic rings. The lowest BCUT2D eigenvalue weighted by Gasteiger charge is -2.23. The van der Waals surface area contributed by atoms with E-state index in [9.17, 15) is 9.59 Å². The van der Waals surface area contributed by atoms with E-state index in [2.05, 4.69) is 15.3 Å². The Hall–Kier alpha value is -2.33. The van der Waals surface area contributed by atoms with Crippen molar-refractivity contribution in [2.24, 2.45) is 7.05 Å². The van der Waals surface area contributed by atoms with Gasteiger partial charge in [-0.05, 0) is 18.9 Å². The predicted octanol–water partition coefficient (Wildman–Crippen LogP) is 1.45. The molecule has 1 saturated heterocycles. The summed E-state index contributed by atoms with van der Waals surface area (Å²) in [6, 6.07) is -0.0389. The molecule has 0 radical (unpaired) electrons. The fourth-order valence-corrected chi connectivity index (χ4v) is 4.71. The molecule has 0 aliphatic carbocycles. The molecule has 4 rings (SSSR count). The molecule has 2 aliphatic heterocycles. The summed E-state index contributed by atoms with van der Waals surface area (Å²) in [5, 5.41) is 3.40. The fourth-order valence-electron chi connectivity index (χ4n) is 3.61. The summed E-state index contributed by atoms with van der Waals surface area (Å²) in [5.74, 6) is 0.0904. The van der Waals surface area contributed by atoms with Crippen LogP contribution in [0.4, 0.5) is 5.95 Å². The lowest BCUT2D eigenvalue weighted by molar-refractivity contribution is -0.135. The van der Waals surface area contributed by atoms with Gasteiger partial charge in [0.05, 0.1) is 24.3 Å². The zero-order valence-electron chi connectivity index (χ0n) is 16.0. The maximum absolute atomic E-state index is 12.8. The molecule has 9 nitrogen and oxygen atoms in total. The lowest BCUT2D eigenvalue weighted by atomic mass is 10.1. The van der Waals surface area contributed by atoms with Crippen LogP contribution in [0.25, 0.3) is 11.2 Å². The molecule has 2 unspecified atom stereocenters. The molecule has 2 atom stereocenters. The molecule has 0 amide bonds. The van der Waals surface area contributed by atoms with Gasteiger partial charge in [-0.3, -0.25) is 9.13 Å². The van der Waals surface area contributed by atoms with Gasteiger partial charge in [-0.25, -0.2) is 14.6 Å². The van der Waals surface area contributed by atoms with Crippen molar-refractivity contribution < 1.29 is 14.3 Å². The summed E-state index contributed by atoms with van der Waals surface area (Å²) >= 11 is 1.46. The number of anilines is 1. The standard InChI is InChI=1S/C18H23N5O4S/c1-10-12(8-14(28-10)16(24)26-3)20-17-19-9-13-15(21-17)23(18(25)22(13)2)11-4-6-27-7-5-11/h8-12H,4-7H2,1-3H3,(H,19,20,21). The molecule has 1 fully saturated rings. The monoisotopic (exact) mass is 405 g/mol. The number of imidazole rings is 1. The van der Waals surface area contributed by atoms with Crippen LogP contribution in [0.2, 0.25) is 0 Å². The smallest absolute Gasteiger partial charge is 0.344 e. The summed E-state index contributed by atoms with van der Waals surface area (Å²) in [6.45, 7) is 3.30. The van der Waals surface area contributed by atoms with Crippen LogP contribution in [0, 0.1) is 0 Å². The zero-order valence-corrected chi connectivity index (χ0v) is 16.9. The van der Waals surface area contributed by atoms with Gasteiger partial charge in [0.1, 0.15) is 5.52 Å². The van der Waals surface area contributed by atoms with Crippen molar-refractivity contribution in [2.75, 3.05) is 25.6 Å². The van der Waals surface area contributed by atoms with E-state index in [0.717, 1.165) is 12.8 Å². The number of fused-ring (bicyclic) bond motifs is 1. The first kappa shape index (κ1) is 19.0. The number of rotatable bonds is 4. The van der Waals surface area contributed by atoms with Crippen molar-refractivity contribution >= 4 is 34.8 Å². The Morgan fingerprint density at radius 1 is 1.39 bits per heavy atom. The zero-order chi connectivity index (χ0) is 19.8. The molecule has 10 heteroatoms. The van der Waals surface area contributed by atoms with E-state index in [4.69, 9.17) is 9.47 Å². The molecule has 2 aromatic heterocycles. The maximum atomic E-state index is 12.8. The van der Waals surface area contributed by atoms with Crippen LogP contribution in [0.15, 0.2) is 22.0 Å². The van der Waals surface area contributed by atoms with Gasteiger partial charge in [-0.2, -0.15) is 4.98 Å². The summed E-state index contributed by atoms with van der Waals surface area (Å²) in [7, 11) is 3.11. The third-order valence-corrected chi connectivity index (χ3v) is 6.44. The average Bonchev–Trinajstić information content (AvgIpc) is 3.19. The Bertz CT molecular complexity index is 992. The Morgan fingerprint density at radius 2 is 2.14 bits per heavy atom. The minimum atomic E-state index is -0.339.